The molecule has 0 bridgehead atoms. The number of nitrogens with zero attached hydrogens (tertiary/aromatic N) is 1. The molecular formula is C13H15F3N2O4S. The van der Waals surface area contributed by atoms with Gasteiger partial charge in [0.25, 0.3) is 5.72 Å². The van der Waals surface area contributed by atoms with E-state index in [0.29, 0.717) is 4.88 Å². The van der Waals surface area contributed by atoms with Crippen molar-refractivity contribution < 1.29 is 32.6 Å². The second-order valence-electron chi connectivity index (χ2n) is 4.96. The zero-order chi connectivity index (χ0) is 17.4. The fraction of sp³-hybridized carbons (Fsp3) is 0.538. The van der Waals surface area contributed by atoms with Crippen molar-refractivity contribution in [3.05, 3.63) is 22.4 Å². The van der Waals surface area contributed by atoms with Crippen molar-refractivity contribution in [1.29, 1.82) is 0 Å². The molecule has 0 unspecified atom stereocenters. The second-order valence-corrected chi connectivity index (χ2v) is 5.93. The molecule has 0 radical (unpaired) electrons. The zero-order valence-corrected chi connectivity index (χ0v) is 13.1. The molecule has 10 heteroatoms. The average Bonchev–Trinajstić information content (AvgIpc) is 2.97. The van der Waals surface area contributed by atoms with Gasteiger partial charge in [0.2, 0.25) is 0 Å². The maximum Gasteiger partial charge on any atom is 0.437 e. The lowest BCUT2D eigenvalue weighted by Crippen LogP contribution is -2.73. The van der Waals surface area contributed by atoms with Crippen LogP contribution in [-0.2, 0) is 9.53 Å². The first-order valence-corrected chi connectivity index (χ1v) is 7.56. The summed E-state index contributed by atoms with van der Waals surface area (Å²) in [6, 6.07) is 0.566. The number of nitrogens with one attached hydrogen (secondary N) is 1. The Bertz CT molecular complexity index is 593. The van der Waals surface area contributed by atoms with Gasteiger partial charge in [-0.1, -0.05) is 6.07 Å². The van der Waals surface area contributed by atoms with Crippen LogP contribution in [0.3, 0.4) is 0 Å². The Morgan fingerprint density at radius 3 is 2.70 bits per heavy atom. The third-order valence-electron chi connectivity index (χ3n) is 3.67. The third kappa shape index (κ3) is 2.76. The van der Waals surface area contributed by atoms with E-state index in [1.54, 1.807) is 11.4 Å². The molecule has 0 aromatic carbocycles. The Labute approximate surface area is 133 Å². The van der Waals surface area contributed by atoms with E-state index in [-0.39, 0.29) is 11.5 Å². The number of rotatable bonds is 3. The molecule has 23 heavy (non-hydrogen) atoms. The number of carbonyl (C=O) groups is 2. The van der Waals surface area contributed by atoms with Crippen LogP contribution in [0.4, 0.5) is 18.0 Å². The molecule has 0 spiro atoms. The Kier molecular flexibility index (Phi) is 4.58. The molecule has 1 fully saturated rings. The van der Waals surface area contributed by atoms with Gasteiger partial charge in [0, 0.05) is 11.9 Å². The lowest BCUT2D eigenvalue weighted by molar-refractivity contribution is -0.328. The largest absolute Gasteiger partial charge is 0.466 e. The summed E-state index contributed by atoms with van der Waals surface area (Å²) in [6.07, 6.45) is -5.24. The molecule has 1 aromatic heterocycles. The van der Waals surface area contributed by atoms with Gasteiger partial charge in [0.05, 0.1) is 12.6 Å². The molecule has 2 amide bonds. The predicted molar refractivity (Wildman–Crippen MR) is 74.5 cm³/mol. The van der Waals surface area contributed by atoms with Gasteiger partial charge in [-0.25, -0.2) is 4.79 Å². The second kappa shape index (κ2) is 6.00. The van der Waals surface area contributed by atoms with Crippen LogP contribution in [0.5, 0.6) is 0 Å². The van der Waals surface area contributed by atoms with Crippen LogP contribution < -0.4 is 5.32 Å². The molecule has 3 atom stereocenters. The number of halogens is 3. The van der Waals surface area contributed by atoms with E-state index >= 15 is 0 Å². The summed E-state index contributed by atoms with van der Waals surface area (Å²) in [5.41, 5.74) is -3.67. The SMILES string of the molecule is CCOC(=O)[C@H]1[C@@H](c2cccs2)NC(=O)N(C)[C@]1(O)C(F)(F)F. The van der Waals surface area contributed by atoms with Crippen LogP contribution in [0.15, 0.2) is 17.5 Å². The van der Waals surface area contributed by atoms with E-state index in [1.165, 1.54) is 13.0 Å². The van der Waals surface area contributed by atoms with Crippen molar-refractivity contribution in [1.82, 2.24) is 10.2 Å². The van der Waals surface area contributed by atoms with Gasteiger partial charge in [-0.05, 0) is 18.4 Å². The number of thiophene rings is 1. The summed E-state index contributed by atoms with van der Waals surface area (Å²) in [5.74, 6) is -3.29. The maximum atomic E-state index is 13.5. The molecule has 0 saturated carbocycles. The van der Waals surface area contributed by atoms with E-state index in [4.69, 9.17) is 4.74 Å². The third-order valence-corrected chi connectivity index (χ3v) is 4.62. The average molecular weight is 352 g/mol. The predicted octanol–water partition coefficient (Wildman–Crippen LogP) is 1.87. The normalized spacial score (nSPS) is 28.4. The Morgan fingerprint density at radius 2 is 2.22 bits per heavy atom. The highest BCUT2D eigenvalue weighted by atomic mass is 32.1. The van der Waals surface area contributed by atoms with E-state index in [1.807, 2.05) is 0 Å². The molecule has 2 rings (SSSR count). The van der Waals surface area contributed by atoms with Gasteiger partial charge in [-0.15, -0.1) is 11.3 Å². The molecule has 0 aliphatic carbocycles. The molecule has 2 heterocycles. The van der Waals surface area contributed by atoms with Crippen molar-refractivity contribution in [2.75, 3.05) is 13.7 Å². The van der Waals surface area contributed by atoms with Crippen LogP contribution >= 0.6 is 11.3 Å². The number of esters is 1. The highest BCUT2D eigenvalue weighted by Crippen LogP contribution is 2.47. The lowest BCUT2D eigenvalue weighted by atomic mass is 9.83. The first kappa shape index (κ1) is 17.5. The van der Waals surface area contributed by atoms with Gasteiger partial charge in [-0.2, -0.15) is 13.2 Å². The van der Waals surface area contributed by atoms with Crippen LogP contribution in [0.25, 0.3) is 0 Å². The summed E-state index contributed by atoms with van der Waals surface area (Å²) in [4.78, 5) is 24.5. The van der Waals surface area contributed by atoms with Crippen molar-refractivity contribution in [3.63, 3.8) is 0 Å². The lowest BCUT2D eigenvalue weighted by Gasteiger charge is -2.48. The summed E-state index contributed by atoms with van der Waals surface area (Å²) >= 11 is 1.06. The first-order chi connectivity index (χ1) is 10.6. The topological polar surface area (TPSA) is 78.9 Å². The van der Waals surface area contributed by atoms with Crippen molar-refractivity contribution in [2.45, 2.75) is 24.9 Å². The molecule has 2 N–H and O–H groups in total. The quantitative estimate of drug-likeness (QED) is 0.814. The van der Waals surface area contributed by atoms with Crippen LogP contribution in [0, 0.1) is 5.92 Å². The Morgan fingerprint density at radius 1 is 1.57 bits per heavy atom. The van der Waals surface area contributed by atoms with Crippen LogP contribution in [0.1, 0.15) is 17.8 Å². The van der Waals surface area contributed by atoms with Crippen molar-refractivity contribution in [2.24, 2.45) is 5.92 Å². The van der Waals surface area contributed by atoms with E-state index < -0.39 is 35.9 Å². The van der Waals surface area contributed by atoms with Gasteiger partial charge < -0.3 is 15.2 Å². The van der Waals surface area contributed by atoms with Crippen LogP contribution in [0.2, 0.25) is 0 Å². The number of alkyl halides is 3. The number of hydrogen-bond acceptors (Lipinski definition) is 5. The minimum Gasteiger partial charge on any atom is -0.466 e. The van der Waals surface area contributed by atoms with Crippen molar-refractivity contribution in [3.8, 4) is 0 Å². The summed E-state index contributed by atoms with van der Waals surface area (Å²) in [6.45, 7) is 1.29. The standard InChI is InChI=1S/C13H15F3N2O4S/c1-3-22-10(19)8-9(7-5-4-6-23-7)17-11(20)18(2)12(8,21)13(14,15)16/h4-6,8-9,21H,3H2,1-2H3,(H,17,20)/t8-,9-,12-/m1/s1. The van der Waals surface area contributed by atoms with Gasteiger partial charge >= 0.3 is 18.2 Å². The number of carbonyl (C=O) groups excluding carboxylic acids is 2. The van der Waals surface area contributed by atoms with E-state index in [0.717, 1.165) is 18.4 Å². The molecule has 6 nitrogen and oxygen atoms in total. The van der Waals surface area contributed by atoms with Gasteiger partial charge in [-0.3, -0.25) is 9.69 Å². The Hall–Kier alpha value is -1.81. The van der Waals surface area contributed by atoms with E-state index in [2.05, 4.69) is 5.32 Å². The first-order valence-electron chi connectivity index (χ1n) is 6.68. The number of urea groups is 1. The molecular weight excluding hydrogens is 337 g/mol. The zero-order valence-electron chi connectivity index (χ0n) is 12.3. The monoisotopic (exact) mass is 352 g/mol. The summed E-state index contributed by atoms with van der Waals surface area (Å²) in [5, 5.41) is 14.2. The minimum atomic E-state index is -5.24. The summed E-state index contributed by atoms with van der Waals surface area (Å²) < 4.78 is 45.3. The smallest absolute Gasteiger partial charge is 0.437 e. The van der Waals surface area contributed by atoms with Crippen LogP contribution in [-0.4, -0.2) is 47.6 Å². The molecule has 1 aliphatic rings. The minimum absolute atomic E-state index is 0.0820. The van der Waals surface area contributed by atoms with Gasteiger partial charge in [0.1, 0.15) is 5.92 Å². The molecule has 1 aromatic rings. The Balaban J connectivity index is 2.59. The highest BCUT2D eigenvalue weighted by molar-refractivity contribution is 7.10. The number of ether oxygens (including phenoxy) is 1. The van der Waals surface area contributed by atoms with Gasteiger partial charge in [0.15, 0.2) is 0 Å². The number of hydrogen-bond donors (Lipinski definition) is 2. The number of amides is 2. The van der Waals surface area contributed by atoms with Crippen molar-refractivity contribution >= 4 is 23.3 Å². The fourth-order valence-corrected chi connectivity index (χ4v) is 3.32. The fourth-order valence-electron chi connectivity index (χ4n) is 2.51. The summed E-state index contributed by atoms with van der Waals surface area (Å²) in [7, 11) is 0.777. The molecule has 1 saturated heterocycles. The molecule has 128 valence electrons. The number of aliphatic hydroxyl groups is 1. The maximum absolute atomic E-state index is 13.5. The molecule has 1 aliphatic heterocycles. The van der Waals surface area contributed by atoms with E-state index in [9.17, 15) is 27.9 Å². The highest BCUT2D eigenvalue weighted by Gasteiger charge is 2.69.